The third-order valence-electron chi connectivity index (χ3n) is 2.77. The molecule has 0 N–H and O–H groups in total. The van der Waals surface area contributed by atoms with Crippen molar-refractivity contribution in [3.63, 3.8) is 0 Å². The number of hydrogen-bond donors (Lipinski definition) is 1. The lowest BCUT2D eigenvalue weighted by molar-refractivity contribution is 0.207. The van der Waals surface area contributed by atoms with Gasteiger partial charge in [-0.1, -0.05) is 13.8 Å². The van der Waals surface area contributed by atoms with Crippen molar-refractivity contribution in [3.05, 3.63) is 0 Å². The van der Waals surface area contributed by atoms with Crippen molar-refractivity contribution < 1.29 is 0 Å². The maximum atomic E-state index is 4.27. The van der Waals surface area contributed by atoms with Crippen molar-refractivity contribution in [3.8, 4) is 0 Å². The minimum atomic E-state index is 0.693. The average molecular weight is 217 g/mol. The zero-order valence-corrected chi connectivity index (χ0v) is 11.2. The molecule has 0 aromatic rings. The van der Waals surface area contributed by atoms with Gasteiger partial charge in [0, 0.05) is 6.04 Å². The molecule has 0 aliphatic heterocycles. The fourth-order valence-electron chi connectivity index (χ4n) is 1.67. The maximum Gasteiger partial charge on any atom is 0.00385 e. The van der Waals surface area contributed by atoms with E-state index in [4.69, 9.17) is 0 Å². The van der Waals surface area contributed by atoms with Crippen LogP contribution in [0.5, 0.6) is 0 Å². The summed E-state index contributed by atoms with van der Waals surface area (Å²) in [5.41, 5.74) is 0. The predicted octanol–water partition coefficient (Wildman–Crippen LogP) is 3.45. The molecule has 0 bridgehead atoms. The number of hydrogen-bond acceptors (Lipinski definition) is 2. The van der Waals surface area contributed by atoms with Gasteiger partial charge in [-0.15, -0.1) is 0 Å². The first-order chi connectivity index (χ1) is 6.61. The third kappa shape index (κ3) is 6.72. The molecular formula is C12H27NS. The third-order valence-corrected chi connectivity index (χ3v) is 3.03. The molecule has 0 rings (SSSR count). The average Bonchev–Trinajstić information content (AvgIpc) is 2.12. The fourth-order valence-corrected chi connectivity index (χ4v) is 2.11. The molecule has 86 valence electrons. The molecule has 1 atom stereocenters. The van der Waals surface area contributed by atoms with Crippen LogP contribution < -0.4 is 0 Å². The van der Waals surface area contributed by atoms with Gasteiger partial charge in [0.05, 0.1) is 0 Å². The SMILES string of the molecule is CCCN(CCC(C)CCS)C(C)C. The summed E-state index contributed by atoms with van der Waals surface area (Å²) in [5.74, 6) is 1.85. The van der Waals surface area contributed by atoms with Crippen LogP contribution in [-0.2, 0) is 0 Å². The van der Waals surface area contributed by atoms with Crippen molar-refractivity contribution in [1.82, 2.24) is 4.90 Å². The first-order valence-corrected chi connectivity index (χ1v) is 6.59. The second-order valence-electron chi connectivity index (χ2n) is 4.54. The number of thiol groups is 1. The van der Waals surface area contributed by atoms with Gasteiger partial charge in [-0.25, -0.2) is 0 Å². The highest BCUT2D eigenvalue weighted by Gasteiger charge is 2.09. The molecule has 0 aliphatic carbocycles. The van der Waals surface area contributed by atoms with Crippen LogP contribution in [-0.4, -0.2) is 29.8 Å². The first kappa shape index (κ1) is 14.3. The van der Waals surface area contributed by atoms with Crippen LogP contribution in [0, 0.1) is 5.92 Å². The van der Waals surface area contributed by atoms with Crippen LogP contribution in [0.3, 0.4) is 0 Å². The van der Waals surface area contributed by atoms with E-state index in [1.807, 2.05) is 0 Å². The molecule has 0 fully saturated rings. The second kappa shape index (κ2) is 8.60. The molecule has 1 unspecified atom stereocenters. The van der Waals surface area contributed by atoms with Gasteiger partial charge in [-0.05, 0) is 57.9 Å². The van der Waals surface area contributed by atoms with Gasteiger partial charge in [0.25, 0.3) is 0 Å². The van der Waals surface area contributed by atoms with Crippen LogP contribution in [0.25, 0.3) is 0 Å². The summed E-state index contributed by atoms with van der Waals surface area (Å²) in [5, 5.41) is 0. The summed E-state index contributed by atoms with van der Waals surface area (Å²) in [6.45, 7) is 11.7. The van der Waals surface area contributed by atoms with E-state index in [0.717, 1.165) is 11.7 Å². The Morgan fingerprint density at radius 1 is 1.07 bits per heavy atom. The largest absolute Gasteiger partial charge is 0.301 e. The molecule has 0 radical (unpaired) electrons. The lowest BCUT2D eigenvalue weighted by Crippen LogP contribution is -2.33. The first-order valence-electron chi connectivity index (χ1n) is 5.96. The van der Waals surface area contributed by atoms with Gasteiger partial charge in [0.15, 0.2) is 0 Å². The normalized spacial score (nSPS) is 13.9. The Morgan fingerprint density at radius 2 is 1.71 bits per heavy atom. The zero-order valence-electron chi connectivity index (χ0n) is 10.3. The van der Waals surface area contributed by atoms with Crippen molar-refractivity contribution in [2.24, 2.45) is 5.92 Å². The smallest absolute Gasteiger partial charge is 0.00385 e. The van der Waals surface area contributed by atoms with Crippen molar-refractivity contribution in [2.45, 2.75) is 53.0 Å². The molecule has 14 heavy (non-hydrogen) atoms. The van der Waals surface area contributed by atoms with E-state index in [9.17, 15) is 0 Å². The van der Waals surface area contributed by atoms with Gasteiger partial charge in [-0.3, -0.25) is 0 Å². The predicted molar refractivity (Wildman–Crippen MR) is 69.3 cm³/mol. The highest BCUT2D eigenvalue weighted by atomic mass is 32.1. The summed E-state index contributed by atoms with van der Waals surface area (Å²) in [6, 6.07) is 0.693. The fraction of sp³-hybridized carbons (Fsp3) is 1.00. The molecule has 1 nitrogen and oxygen atoms in total. The van der Waals surface area contributed by atoms with E-state index in [1.165, 1.54) is 32.4 Å². The van der Waals surface area contributed by atoms with E-state index < -0.39 is 0 Å². The Balaban J connectivity index is 3.69. The van der Waals surface area contributed by atoms with Gasteiger partial charge in [-0.2, -0.15) is 12.6 Å². The van der Waals surface area contributed by atoms with Crippen LogP contribution in [0.2, 0.25) is 0 Å². The summed E-state index contributed by atoms with van der Waals surface area (Å²) in [6.07, 6.45) is 3.83. The standard InChI is InChI=1S/C12H27NS/c1-5-8-13(11(2)3)9-6-12(4)7-10-14/h11-12,14H,5-10H2,1-4H3. The van der Waals surface area contributed by atoms with Gasteiger partial charge in [0.1, 0.15) is 0 Å². The second-order valence-corrected chi connectivity index (χ2v) is 4.98. The highest BCUT2D eigenvalue weighted by molar-refractivity contribution is 7.80. The van der Waals surface area contributed by atoms with Gasteiger partial charge >= 0.3 is 0 Å². The summed E-state index contributed by atoms with van der Waals surface area (Å²) in [7, 11) is 0. The van der Waals surface area contributed by atoms with Crippen molar-refractivity contribution in [2.75, 3.05) is 18.8 Å². The Kier molecular flexibility index (Phi) is 8.80. The van der Waals surface area contributed by atoms with Crippen molar-refractivity contribution in [1.29, 1.82) is 0 Å². The van der Waals surface area contributed by atoms with Crippen LogP contribution >= 0.6 is 12.6 Å². The molecule has 0 amide bonds. The van der Waals surface area contributed by atoms with Gasteiger partial charge < -0.3 is 4.90 Å². The molecule has 0 aliphatic rings. The molecule has 0 saturated carbocycles. The lowest BCUT2D eigenvalue weighted by Gasteiger charge is -2.27. The van der Waals surface area contributed by atoms with Gasteiger partial charge in [0.2, 0.25) is 0 Å². The number of nitrogens with zero attached hydrogens (tertiary/aromatic N) is 1. The summed E-state index contributed by atoms with van der Waals surface area (Å²) in [4.78, 5) is 2.58. The van der Waals surface area contributed by atoms with Crippen LogP contribution in [0.4, 0.5) is 0 Å². The monoisotopic (exact) mass is 217 g/mol. The van der Waals surface area contributed by atoms with Crippen LogP contribution in [0.15, 0.2) is 0 Å². The molecule has 0 heterocycles. The molecule has 0 saturated heterocycles. The Labute approximate surface area is 95.7 Å². The van der Waals surface area contributed by atoms with E-state index >= 15 is 0 Å². The van der Waals surface area contributed by atoms with Crippen LogP contribution in [0.1, 0.15) is 47.0 Å². The van der Waals surface area contributed by atoms with Crippen molar-refractivity contribution >= 4 is 12.6 Å². The van der Waals surface area contributed by atoms with E-state index in [1.54, 1.807) is 0 Å². The Bertz CT molecular complexity index is 125. The summed E-state index contributed by atoms with van der Waals surface area (Å²) >= 11 is 4.27. The molecule has 2 heteroatoms. The zero-order chi connectivity index (χ0) is 11.0. The molecular weight excluding hydrogens is 190 g/mol. The topological polar surface area (TPSA) is 3.24 Å². The maximum absolute atomic E-state index is 4.27. The Hall–Kier alpha value is 0.310. The Morgan fingerprint density at radius 3 is 2.14 bits per heavy atom. The van der Waals surface area contributed by atoms with E-state index in [0.29, 0.717) is 6.04 Å². The minimum absolute atomic E-state index is 0.693. The quantitative estimate of drug-likeness (QED) is 0.610. The molecule has 0 aromatic heterocycles. The highest BCUT2D eigenvalue weighted by Crippen LogP contribution is 2.11. The lowest BCUT2D eigenvalue weighted by atomic mass is 10.0. The van der Waals surface area contributed by atoms with E-state index in [-0.39, 0.29) is 0 Å². The molecule has 0 spiro atoms. The van der Waals surface area contributed by atoms with E-state index in [2.05, 4.69) is 45.2 Å². The number of rotatable bonds is 8. The molecule has 0 aromatic carbocycles. The summed E-state index contributed by atoms with van der Waals surface area (Å²) < 4.78 is 0. The minimum Gasteiger partial charge on any atom is -0.301 e.